The Kier molecular flexibility index (Phi) is 6.02. The van der Waals surface area contributed by atoms with Crippen molar-refractivity contribution in [1.82, 2.24) is 5.32 Å². The van der Waals surface area contributed by atoms with Gasteiger partial charge in [-0.2, -0.15) is 24.9 Å². The van der Waals surface area contributed by atoms with Gasteiger partial charge < -0.3 is 5.32 Å². The molecule has 1 aromatic carbocycles. The van der Waals surface area contributed by atoms with Gasteiger partial charge >= 0.3 is 6.18 Å². The second kappa shape index (κ2) is 7.04. The highest BCUT2D eigenvalue weighted by Crippen LogP contribution is 2.29. The second-order valence-electron chi connectivity index (χ2n) is 4.05. The number of nitrogens with one attached hydrogen (secondary N) is 1. The molecule has 0 spiro atoms. The molecule has 1 nitrogen and oxygen atoms in total. The largest absolute Gasteiger partial charge is 0.416 e. The Morgan fingerprint density at radius 1 is 1.33 bits per heavy atom. The third kappa shape index (κ3) is 4.90. The Labute approximate surface area is 110 Å². The van der Waals surface area contributed by atoms with Gasteiger partial charge in [-0.25, -0.2) is 0 Å². The fraction of sp³-hybridized carbons (Fsp3) is 0.538. The van der Waals surface area contributed by atoms with Gasteiger partial charge in [0.05, 0.1) is 5.56 Å². The highest BCUT2D eigenvalue weighted by atomic mass is 32.2. The van der Waals surface area contributed by atoms with Crippen LogP contribution in [-0.4, -0.2) is 24.6 Å². The minimum Gasteiger partial charge on any atom is -0.316 e. The summed E-state index contributed by atoms with van der Waals surface area (Å²) in [5.74, 6) is 1.92. The van der Waals surface area contributed by atoms with E-state index in [1.54, 1.807) is 17.8 Å². The Balaban J connectivity index is 2.71. The molecular formula is C13H18F3NS. The molecule has 1 atom stereocenters. The molecule has 1 N–H and O–H groups in total. The van der Waals surface area contributed by atoms with Gasteiger partial charge in [-0.1, -0.05) is 25.1 Å². The molecule has 0 aliphatic carbocycles. The smallest absolute Gasteiger partial charge is 0.316 e. The predicted octanol–water partition coefficient (Wildman–Crippen LogP) is 3.59. The number of halogens is 3. The van der Waals surface area contributed by atoms with E-state index in [9.17, 15) is 13.2 Å². The van der Waals surface area contributed by atoms with Crippen LogP contribution in [-0.2, 0) is 12.6 Å². The summed E-state index contributed by atoms with van der Waals surface area (Å²) in [5.41, 5.74) is 0.152. The maximum absolute atomic E-state index is 12.6. The van der Waals surface area contributed by atoms with Crippen LogP contribution in [0.25, 0.3) is 0 Å². The SMILES string of the molecule is CCSCC(Cc1cccc(C(F)(F)F)c1)NC. The lowest BCUT2D eigenvalue weighted by molar-refractivity contribution is -0.137. The first kappa shape index (κ1) is 15.4. The molecule has 0 saturated carbocycles. The van der Waals surface area contributed by atoms with Gasteiger partial charge in [0.25, 0.3) is 0 Å². The van der Waals surface area contributed by atoms with Gasteiger partial charge in [-0.3, -0.25) is 0 Å². The Bertz CT molecular complexity index is 365. The van der Waals surface area contributed by atoms with E-state index in [4.69, 9.17) is 0 Å². The van der Waals surface area contributed by atoms with Gasteiger partial charge in [0, 0.05) is 11.8 Å². The molecule has 5 heteroatoms. The molecule has 0 saturated heterocycles. The van der Waals surface area contributed by atoms with Gasteiger partial charge in [-0.15, -0.1) is 0 Å². The lowest BCUT2D eigenvalue weighted by Crippen LogP contribution is -2.30. The number of rotatable bonds is 6. The lowest BCUT2D eigenvalue weighted by Gasteiger charge is -2.16. The Morgan fingerprint density at radius 3 is 2.61 bits per heavy atom. The molecular weight excluding hydrogens is 259 g/mol. The van der Waals surface area contributed by atoms with Gasteiger partial charge in [0.15, 0.2) is 0 Å². The van der Waals surface area contributed by atoms with Crippen molar-refractivity contribution in [2.75, 3.05) is 18.6 Å². The van der Waals surface area contributed by atoms with E-state index in [2.05, 4.69) is 12.2 Å². The van der Waals surface area contributed by atoms with Gasteiger partial charge in [-0.05, 0) is 30.9 Å². The Morgan fingerprint density at radius 2 is 2.06 bits per heavy atom. The molecule has 0 aromatic heterocycles. The molecule has 0 bridgehead atoms. The first-order valence-electron chi connectivity index (χ1n) is 5.88. The van der Waals surface area contributed by atoms with Crippen molar-refractivity contribution in [3.05, 3.63) is 35.4 Å². The highest BCUT2D eigenvalue weighted by Gasteiger charge is 2.30. The molecule has 0 fully saturated rings. The summed E-state index contributed by atoms with van der Waals surface area (Å²) in [4.78, 5) is 0. The third-order valence-corrected chi connectivity index (χ3v) is 3.71. The van der Waals surface area contributed by atoms with Crippen LogP contribution < -0.4 is 5.32 Å². The van der Waals surface area contributed by atoms with Crippen molar-refractivity contribution in [2.24, 2.45) is 0 Å². The minimum absolute atomic E-state index is 0.207. The normalized spacial score (nSPS) is 13.6. The number of thioether (sulfide) groups is 1. The summed E-state index contributed by atoms with van der Waals surface area (Å²) in [6.45, 7) is 2.07. The van der Waals surface area contributed by atoms with E-state index in [0.717, 1.165) is 23.1 Å². The zero-order chi connectivity index (χ0) is 13.6. The minimum atomic E-state index is -4.26. The highest BCUT2D eigenvalue weighted by molar-refractivity contribution is 7.99. The zero-order valence-corrected chi connectivity index (χ0v) is 11.4. The van der Waals surface area contributed by atoms with Crippen molar-refractivity contribution in [1.29, 1.82) is 0 Å². The van der Waals surface area contributed by atoms with Crippen LogP contribution in [0.4, 0.5) is 13.2 Å². The van der Waals surface area contributed by atoms with Gasteiger partial charge in [0.2, 0.25) is 0 Å². The van der Waals surface area contributed by atoms with E-state index in [-0.39, 0.29) is 6.04 Å². The van der Waals surface area contributed by atoms with Crippen LogP contribution in [0.1, 0.15) is 18.1 Å². The van der Waals surface area contributed by atoms with Crippen molar-refractivity contribution < 1.29 is 13.2 Å². The first-order valence-corrected chi connectivity index (χ1v) is 7.04. The molecule has 0 aliphatic heterocycles. The predicted molar refractivity (Wildman–Crippen MR) is 71.0 cm³/mol. The average Bonchev–Trinajstić information content (AvgIpc) is 2.33. The fourth-order valence-corrected chi connectivity index (χ4v) is 2.47. The molecule has 1 rings (SSSR count). The number of hydrogen-bond acceptors (Lipinski definition) is 2. The van der Waals surface area contributed by atoms with E-state index in [1.165, 1.54) is 12.1 Å². The van der Waals surface area contributed by atoms with Crippen molar-refractivity contribution in [3.63, 3.8) is 0 Å². The first-order chi connectivity index (χ1) is 8.47. The molecule has 0 aliphatic rings. The number of hydrogen-bond donors (Lipinski definition) is 1. The number of benzene rings is 1. The molecule has 1 aromatic rings. The summed E-state index contributed by atoms with van der Waals surface area (Å²) in [5, 5.41) is 3.14. The summed E-state index contributed by atoms with van der Waals surface area (Å²) >= 11 is 1.79. The van der Waals surface area contributed by atoms with Crippen molar-refractivity contribution in [3.8, 4) is 0 Å². The quantitative estimate of drug-likeness (QED) is 0.853. The maximum Gasteiger partial charge on any atom is 0.416 e. The standard InChI is InChI=1S/C13H18F3NS/c1-3-18-9-12(17-2)8-10-5-4-6-11(7-10)13(14,15)16/h4-7,12,17H,3,8-9H2,1-2H3. The van der Waals surface area contributed by atoms with Crippen molar-refractivity contribution >= 4 is 11.8 Å². The van der Waals surface area contributed by atoms with E-state index in [1.807, 2.05) is 7.05 Å². The van der Waals surface area contributed by atoms with E-state index < -0.39 is 11.7 Å². The Hall–Kier alpha value is -0.680. The van der Waals surface area contributed by atoms with Crippen LogP contribution in [0.3, 0.4) is 0 Å². The number of likely N-dealkylation sites (N-methyl/N-ethyl adjacent to an activating group) is 1. The average molecular weight is 277 g/mol. The lowest BCUT2D eigenvalue weighted by atomic mass is 10.0. The molecule has 0 radical (unpaired) electrons. The maximum atomic E-state index is 12.6. The van der Waals surface area contributed by atoms with Crippen molar-refractivity contribution in [2.45, 2.75) is 25.6 Å². The monoisotopic (exact) mass is 277 g/mol. The molecule has 102 valence electrons. The summed E-state index contributed by atoms with van der Waals surface area (Å²) in [7, 11) is 1.84. The van der Waals surface area contributed by atoms with E-state index >= 15 is 0 Å². The topological polar surface area (TPSA) is 12.0 Å². The van der Waals surface area contributed by atoms with Crippen LogP contribution in [0.15, 0.2) is 24.3 Å². The molecule has 0 heterocycles. The summed E-state index contributed by atoms with van der Waals surface area (Å²) in [6, 6.07) is 5.77. The van der Waals surface area contributed by atoms with Crippen LogP contribution >= 0.6 is 11.8 Å². The molecule has 0 amide bonds. The number of alkyl halides is 3. The fourth-order valence-electron chi connectivity index (χ4n) is 1.66. The molecule has 1 unspecified atom stereocenters. The van der Waals surface area contributed by atoms with Gasteiger partial charge in [0.1, 0.15) is 0 Å². The van der Waals surface area contributed by atoms with Crippen LogP contribution in [0.2, 0.25) is 0 Å². The van der Waals surface area contributed by atoms with Crippen LogP contribution in [0.5, 0.6) is 0 Å². The van der Waals surface area contributed by atoms with E-state index in [0.29, 0.717) is 6.42 Å². The summed E-state index contributed by atoms with van der Waals surface area (Å²) in [6.07, 6.45) is -3.64. The second-order valence-corrected chi connectivity index (χ2v) is 5.37. The molecule has 18 heavy (non-hydrogen) atoms. The summed E-state index contributed by atoms with van der Waals surface area (Å²) < 4.78 is 37.7. The van der Waals surface area contributed by atoms with Crippen LogP contribution in [0, 0.1) is 0 Å². The third-order valence-electron chi connectivity index (χ3n) is 2.67. The zero-order valence-electron chi connectivity index (χ0n) is 10.6.